The predicted molar refractivity (Wildman–Crippen MR) is 84.8 cm³/mol. The van der Waals surface area contributed by atoms with Gasteiger partial charge in [-0.3, -0.25) is 0 Å². The van der Waals surface area contributed by atoms with Gasteiger partial charge >= 0.3 is 11.9 Å². The van der Waals surface area contributed by atoms with Crippen molar-refractivity contribution in [1.29, 1.82) is 10.5 Å². The summed E-state index contributed by atoms with van der Waals surface area (Å²) in [7, 11) is 1.22. The minimum atomic E-state index is -0.690. The first-order valence-corrected chi connectivity index (χ1v) is 8.34. The van der Waals surface area contributed by atoms with Crippen LogP contribution in [-0.2, 0) is 19.1 Å². The summed E-state index contributed by atoms with van der Waals surface area (Å²) >= 11 is 1.27. The molecular weight excluding hydrogens is 316 g/mol. The molecule has 1 rings (SSSR count). The molecule has 0 radical (unpaired) electrons. The largest absolute Gasteiger partial charge is 0.465 e. The molecule has 0 aliphatic heterocycles. The van der Waals surface area contributed by atoms with Crippen molar-refractivity contribution < 1.29 is 19.1 Å². The number of ether oxygens (including phenoxy) is 2. The fourth-order valence-electron chi connectivity index (χ4n) is 2.61. The maximum absolute atomic E-state index is 12.0. The van der Waals surface area contributed by atoms with Crippen LogP contribution in [0.2, 0.25) is 0 Å². The molecule has 0 saturated heterocycles. The van der Waals surface area contributed by atoms with E-state index in [1.807, 2.05) is 12.1 Å². The lowest BCUT2D eigenvalue weighted by atomic mass is 9.95. The lowest BCUT2D eigenvalue weighted by molar-refractivity contribution is -0.138. The number of carbonyl (C=O) groups excluding carboxylic acids is 2. The number of hydrogen-bond donors (Lipinski definition) is 0. The average Bonchev–Trinajstić information content (AvgIpc) is 3.01. The standard InChI is InChI=1S/C16H18N2O4S/c1-4-22-16(20)13(9-18)14(23-3)11-7-5-6-10(11)12(8-17)15(19)21-2/h11H,4-7H2,1-3H3/b12-10+,14-13+/t11-/m0/s1. The van der Waals surface area contributed by atoms with Crippen molar-refractivity contribution in [3.05, 3.63) is 21.6 Å². The van der Waals surface area contributed by atoms with Gasteiger partial charge in [0.05, 0.1) is 13.7 Å². The molecule has 1 fully saturated rings. The van der Waals surface area contributed by atoms with Crippen molar-refractivity contribution in [2.24, 2.45) is 5.92 Å². The van der Waals surface area contributed by atoms with Crippen LogP contribution in [0.4, 0.5) is 0 Å². The minimum Gasteiger partial charge on any atom is -0.465 e. The molecule has 0 unspecified atom stereocenters. The maximum Gasteiger partial charge on any atom is 0.349 e. The van der Waals surface area contributed by atoms with Gasteiger partial charge in [-0.25, -0.2) is 9.59 Å². The zero-order valence-electron chi connectivity index (χ0n) is 13.3. The van der Waals surface area contributed by atoms with E-state index in [1.54, 1.807) is 13.2 Å². The van der Waals surface area contributed by atoms with Gasteiger partial charge in [0.25, 0.3) is 0 Å². The topological polar surface area (TPSA) is 100 Å². The van der Waals surface area contributed by atoms with Gasteiger partial charge < -0.3 is 9.47 Å². The summed E-state index contributed by atoms with van der Waals surface area (Å²) in [5.74, 6) is -1.68. The molecule has 23 heavy (non-hydrogen) atoms. The van der Waals surface area contributed by atoms with Gasteiger partial charge in [0.1, 0.15) is 23.3 Å². The second kappa shape index (κ2) is 9.02. The molecule has 1 atom stereocenters. The molecule has 6 nitrogen and oxygen atoms in total. The molecule has 0 aromatic rings. The summed E-state index contributed by atoms with van der Waals surface area (Å²) in [4.78, 5) is 24.3. The van der Waals surface area contributed by atoms with Crippen LogP contribution in [0.15, 0.2) is 21.6 Å². The summed E-state index contributed by atoms with van der Waals surface area (Å²) in [5.41, 5.74) is 0.523. The zero-order valence-corrected chi connectivity index (χ0v) is 14.2. The van der Waals surface area contributed by atoms with Crippen LogP contribution in [0.3, 0.4) is 0 Å². The summed E-state index contributed by atoms with van der Waals surface area (Å²) in [5, 5.41) is 18.6. The number of allylic oxidation sites excluding steroid dienone is 2. The van der Waals surface area contributed by atoms with E-state index in [2.05, 4.69) is 4.74 Å². The number of nitrogens with zero attached hydrogens (tertiary/aromatic N) is 2. The fraction of sp³-hybridized carbons (Fsp3) is 0.500. The van der Waals surface area contributed by atoms with Crippen molar-refractivity contribution in [3.63, 3.8) is 0 Å². The highest BCUT2D eigenvalue weighted by atomic mass is 32.2. The molecule has 0 amide bonds. The average molecular weight is 334 g/mol. The summed E-state index contributed by atoms with van der Waals surface area (Å²) < 4.78 is 9.57. The number of methoxy groups -OCH3 is 1. The highest BCUT2D eigenvalue weighted by Gasteiger charge is 2.33. The quantitative estimate of drug-likeness (QED) is 0.432. The molecule has 0 heterocycles. The highest BCUT2D eigenvalue weighted by Crippen LogP contribution is 2.43. The lowest BCUT2D eigenvalue weighted by Crippen LogP contribution is -2.14. The Balaban J connectivity index is 3.42. The van der Waals surface area contributed by atoms with Crippen molar-refractivity contribution in [2.45, 2.75) is 26.2 Å². The van der Waals surface area contributed by atoms with Gasteiger partial charge in [-0.05, 0) is 38.0 Å². The Morgan fingerprint density at radius 2 is 2.00 bits per heavy atom. The van der Waals surface area contributed by atoms with Gasteiger partial charge in [0, 0.05) is 10.8 Å². The summed E-state index contributed by atoms with van der Waals surface area (Å²) in [6.07, 6.45) is 3.76. The van der Waals surface area contributed by atoms with E-state index in [1.165, 1.54) is 18.9 Å². The third-order valence-electron chi connectivity index (χ3n) is 3.56. The summed E-state index contributed by atoms with van der Waals surface area (Å²) in [6, 6.07) is 3.79. The van der Waals surface area contributed by atoms with E-state index in [-0.39, 0.29) is 23.7 Å². The number of thioether (sulfide) groups is 1. The molecule has 1 aliphatic carbocycles. The van der Waals surface area contributed by atoms with Gasteiger partial charge in [0.2, 0.25) is 0 Å². The predicted octanol–water partition coefficient (Wildman–Crippen LogP) is 2.48. The molecule has 0 aromatic heterocycles. The molecule has 0 spiro atoms. The lowest BCUT2D eigenvalue weighted by Gasteiger charge is -2.17. The third kappa shape index (κ3) is 4.14. The van der Waals surface area contributed by atoms with Crippen LogP contribution >= 0.6 is 11.8 Å². The van der Waals surface area contributed by atoms with E-state index in [0.717, 1.165) is 6.42 Å². The van der Waals surface area contributed by atoms with Crippen molar-refractivity contribution in [2.75, 3.05) is 20.0 Å². The van der Waals surface area contributed by atoms with Gasteiger partial charge in [-0.15, -0.1) is 11.8 Å². The van der Waals surface area contributed by atoms with E-state index < -0.39 is 11.9 Å². The van der Waals surface area contributed by atoms with E-state index in [0.29, 0.717) is 23.3 Å². The Morgan fingerprint density at radius 1 is 1.30 bits per heavy atom. The van der Waals surface area contributed by atoms with Crippen LogP contribution in [0.5, 0.6) is 0 Å². The molecule has 1 aliphatic rings. The molecule has 0 bridgehead atoms. The van der Waals surface area contributed by atoms with Crippen LogP contribution in [0.1, 0.15) is 26.2 Å². The van der Waals surface area contributed by atoms with Gasteiger partial charge in [0.15, 0.2) is 0 Å². The zero-order chi connectivity index (χ0) is 17.4. The molecule has 1 saturated carbocycles. The second-order valence-electron chi connectivity index (χ2n) is 4.72. The van der Waals surface area contributed by atoms with E-state index in [4.69, 9.17) is 4.74 Å². The third-order valence-corrected chi connectivity index (χ3v) is 4.48. The van der Waals surface area contributed by atoms with Crippen LogP contribution in [0, 0.1) is 28.6 Å². The first-order valence-electron chi connectivity index (χ1n) is 7.12. The molecule has 0 N–H and O–H groups in total. The molecular formula is C16H18N2O4S. The number of carbonyl (C=O) groups is 2. The minimum absolute atomic E-state index is 0.0392. The Hall–Kier alpha value is -2.25. The van der Waals surface area contributed by atoms with E-state index >= 15 is 0 Å². The smallest absolute Gasteiger partial charge is 0.349 e. The number of rotatable bonds is 5. The molecule has 7 heteroatoms. The van der Waals surface area contributed by atoms with Gasteiger partial charge in [-0.1, -0.05) is 0 Å². The number of nitriles is 2. The van der Waals surface area contributed by atoms with Crippen molar-refractivity contribution >= 4 is 23.7 Å². The van der Waals surface area contributed by atoms with Crippen molar-refractivity contribution in [1.82, 2.24) is 0 Å². The Morgan fingerprint density at radius 3 is 2.48 bits per heavy atom. The Kier molecular flexibility index (Phi) is 7.37. The Labute approximate surface area is 139 Å². The van der Waals surface area contributed by atoms with Crippen LogP contribution in [-0.4, -0.2) is 31.9 Å². The second-order valence-corrected chi connectivity index (χ2v) is 5.57. The van der Waals surface area contributed by atoms with Gasteiger partial charge in [-0.2, -0.15) is 10.5 Å². The highest BCUT2D eigenvalue weighted by molar-refractivity contribution is 8.02. The first-order chi connectivity index (χ1) is 11.0. The normalized spacial score (nSPS) is 20.0. The number of hydrogen-bond acceptors (Lipinski definition) is 7. The number of esters is 2. The molecule has 122 valence electrons. The SMILES string of the molecule is CCOC(=O)/C(C#N)=C(/SC)[C@H]1CCC/C1=C(/C#N)C(=O)OC. The summed E-state index contributed by atoms with van der Waals surface area (Å²) in [6.45, 7) is 1.84. The van der Waals surface area contributed by atoms with Crippen LogP contribution < -0.4 is 0 Å². The first kappa shape index (κ1) is 18.8. The fourth-order valence-corrected chi connectivity index (χ4v) is 3.49. The Bertz CT molecular complexity index is 637. The monoisotopic (exact) mass is 334 g/mol. The maximum atomic E-state index is 12.0. The molecule has 0 aromatic carbocycles. The van der Waals surface area contributed by atoms with E-state index in [9.17, 15) is 20.1 Å². The van der Waals surface area contributed by atoms with Crippen LogP contribution in [0.25, 0.3) is 0 Å². The van der Waals surface area contributed by atoms with Crippen molar-refractivity contribution in [3.8, 4) is 12.1 Å².